The van der Waals surface area contributed by atoms with E-state index in [4.69, 9.17) is 0 Å². The van der Waals surface area contributed by atoms with Crippen LogP contribution in [0.2, 0.25) is 0 Å². The maximum absolute atomic E-state index is 12.1. The molecule has 7 heteroatoms. The molecule has 0 amide bonds. The predicted molar refractivity (Wildman–Crippen MR) is 79.0 cm³/mol. The Morgan fingerprint density at radius 2 is 2.24 bits per heavy atom. The monoisotopic (exact) mass is 313 g/mol. The second kappa shape index (κ2) is 5.07. The Morgan fingerprint density at radius 1 is 1.48 bits per heavy atom. The Labute approximate surface area is 125 Å². The zero-order valence-electron chi connectivity index (χ0n) is 12.6. The Bertz CT molecular complexity index is 627. The van der Waals surface area contributed by atoms with Gasteiger partial charge in [-0.05, 0) is 32.1 Å². The molecular formula is C14H23N3O3S. The van der Waals surface area contributed by atoms with E-state index in [0.29, 0.717) is 25.3 Å². The average molecular weight is 313 g/mol. The summed E-state index contributed by atoms with van der Waals surface area (Å²) in [5.41, 5.74) is -1.01. The molecule has 2 fully saturated rings. The number of fused-ring (bicyclic) bond motifs is 1. The number of rotatable bonds is 3. The van der Waals surface area contributed by atoms with Gasteiger partial charge in [0.05, 0.1) is 5.75 Å². The van der Waals surface area contributed by atoms with Gasteiger partial charge in [-0.25, -0.2) is 17.7 Å². The molecule has 0 aromatic carbocycles. The molecule has 1 aliphatic carbocycles. The Hall–Kier alpha value is -0.920. The maximum atomic E-state index is 12.1. The van der Waals surface area contributed by atoms with E-state index in [2.05, 4.69) is 4.98 Å². The average Bonchev–Trinajstić information content (AvgIpc) is 3.06. The lowest BCUT2D eigenvalue weighted by molar-refractivity contribution is -0.0728. The van der Waals surface area contributed by atoms with Crippen LogP contribution in [0.25, 0.3) is 0 Å². The third kappa shape index (κ3) is 2.31. The third-order valence-electron chi connectivity index (χ3n) is 5.12. The van der Waals surface area contributed by atoms with E-state index in [0.717, 1.165) is 12.8 Å². The van der Waals surface area contributed by atoms with E-state index < -0.39 is 15.6 Å². The molecule has 1 aromatic rings. The van der Waals surface area contributed by atoms with Crippen LogP contribution < -0.4 is 0 Å². The summed E-state index contributed by atoms with van der Waals surface area (Å²) in [7, 11) is -1.32. The zero-order valence-corrected chi connectivity index (χ0v) is 13.4. The van der Waals surface area contributed by atoms with Crippen LogP contribution in [-0.4, -0.2) is 46.2 Å². The van der Waals surface area contributed by atoms with Crippen molar-refractivity contribution in [1.82, 2.24) is 13.9 Å². The predicted octanol–water partition coefficient (Wildman–Crippen LogP) is 0.689. The van der Waals surface area contributed by atoms with Crippen LogP contribution in [0.5, 0.6) is 0 Å². The molecule has 1 aromatic heterocycles. The van der Waals surface area contributed by atoms with Crippen LogP contribution in [-0.2, 0) is 22.7 Å². The minimum atomic E-state index is -3.19. The molecule has 3 atom stereocenters. The lowest BCUT2D eigenvalue weighted by Gasteiger charge is -2.40. The number of aromatic nitrogens is 2. The summed E-state index contributed by atoms with van der Waals surface area (Å²) < 4.78 is 27.7. The number of aryl methyl sites for hydroxylation is 1. The fraction of sp³-hybridized carbons (Fsp3) is 0.786. The van der Waals surface area contributed by atoms with Crippen molar-refractivity contribution in [2.24, 2.45) is 18.9 Å². The summed E-state index contributed by atoms with van der Waals surface area (Å²) in [4.78, 5) is 4.32. The number of hydrogen-bond donors (Lipinski definition) is 1. The van der Waals surface area contributed by atoms with Crippen LogP contribution in [0.15, 0.2) is 12.4 Å². The lowest BCUT2D eigenvalue weighted by atomic mass is 9.70. The van der Waals surface area contributed by atoms with Gasteiger partial charge in [-0.1, -0.05) is 0 Å². The molecule has 1 saturated carbocycles. The first-order valence-electron chi connectivity index (χ1n) is 7.56. The number of nitrogens with zero attached hydrogens (tertiary/aromatic N) is 3. The van der Waals surface area contributed by atoms with E-state index in [1.54, 1.807) is 17.4 Å². The van der Waals surface area contributed by atoms with Crippen molar-refractivity contribution >= 4 is 10.0 Å². The normalized spacial score (nSPS) is 34.0. The fourth-order valence-electron chi connectivity index (χ4n) is 3.95. The topological polar surface area (TPSA) is 75.4 Å². The highest BCUT2D eigenvalue weighted by atomic mass is 32.2. The summed E-state index contributed by atoms with van der Waals surface area (Å²) in [6.45, 7) is 2.61. The van der Waals surface area contributed by atoms with Gasteiger partial charge in [0.2, 0.25) is 10.0 Å². The van der Waals surface area contributed by atoms with Crippen molar-refractivity contribution in [2.75, 3.05) is 18.8 Å². The van der Waals surface area contributed by atoms with Gasteiger partial charge in [0.1, 0.15) is 11.4 Å². The highest BCUT2D eigenvalue weighted by Gasteiger charge is 2.53. The van der Waals surface area contributed by atoms with E-state index in [-0.39, 0.29) is 17.6 Å². The van der Waals surface area contributed by atoms with Crippen molar-refractivity contribution in [3.05, 3.63) is 18.2 Å². The van der Waals surface area contributed by atoms with Crippen LogP contribution in [0.1, 0.15) is 32.0 Å². The van der Waals surface area contributed by atoms with Crippen molar-refractivity contribution in [1.29, 1.82) is 0 Å². The smallest absolute Gasteiger partial charge is 0.213 e. The Kier molecular flexibility index (Phi) is 3.62. The first-order valence-corrected chi connectivity index (χ1v) is 9.17. The number of imidazole rings is 1. The number of sulfonamides is 1. The minimum Gasteiger partial charge on any atom is -0.382 e. The van der Waals surface area contributed by atoms with Crippen molar-refractivity contribution in [3.63, 3.8) is 0 Å². The molecule has 2 heterocycles. The molecule has 0 spiro atoms. The van der Waals surface area contributed by atoms with E-state index in [9.17, 15) is 13.5 Å². The molecule has 1 N–H and O–H groups in total. The molecule has 3 rings (SSSR count). The SMILES string of the molecule is CCS(=O)(=O)N1C[C@@H]2CCC[C@@](O)(c3nccn3C)[C@@H]2C1. The van der Waals surface area contributed by atoms with Gasteiger partial charge >= 0.3 is 0 Å². The van der Waals surface area contributed by atoms with Crippen LogP contribution in [0.3, 0.4) is 0 Å². The highest BCUT2D eigenvalue weighted by Crippen LogP contribution is 2.48. The molecule has 0 unspecified atom stereocenters. The largest absolute Gasteiger partial charge is 0.382 e. The van der Waals surface area contributed by atoms with E-state index in [1.807, 2.05) is 17.8 Å². The molecule has 2 aliphatic rings. The van der Waals surface area contributed by atoms with E-state index >= 15 is 0 Å². The zero-order chi connectivity index (χ0) is 15.3. The second-order valence-electron chi connectivity index (χ2n) is 6.26. The van der Waals surface area contributed by atoms with Gasteiger partial charge < -0.3 is 9.67 Å². The van der Waals surface area contributed by atoms with Crippen molar-refractivity contribution in [3.8, 4) is 0 Å². The standard InChI is InChI=1S/C14H23N3O3S/c1-3-21(19,20)17-9-11-5-4-6-14(18,12(11)10-17)13-15-7-8-16(13)2/h7-8,11-12,18H,3-6,9-10H2,1-2H3/t11-,12+,14-/m0/s1. The first kappa shape index (κ1) is 15.0. The van der Waals surface area contributed by atoms with Crippen LogP contribution in [0, 0.1) is 11.8 Å². The lowest BCUT2D eigenvalue weighted by Crippen LogP contribution is -2.44. The van der Waals surface area contributed by atoms with Crippen LogP contribution in [0.4, 0.5) is 0 Å². The molecule has 21 heavy (non-hydrogen) atoms. The van der Waals surface area contributed by atoms with Crippen LogP contribution >= 0.6 is 0 Å². The van der Waals surface area contributed by atoms with Gasteiger partial charge in [-0.2, -0.15) is 0 Å². The van der Waals surface area contributed by atoms with E-state index in [1.165, 1.54) is 0 Å². The van der Waals surface area contributed by atoms with Crippen molar-refractivity contribution < 1.29 is 13.5 Å². The number of hydrogen-bond acceptors (Lipinski definition) is 4. The summed E-state index contributed by atoms with van der Waals surface area (Å²) in [5, 5.41) is 11.2. The summed E-state index contributed by atoms with van der Waals surface area (Å²) in [6.07, 6.45) is 6.05. The summed E-state index contributed by atoms with van der Waals surface area (Å²) in [5.74, 6) is 0.941. The Balaban J connectivity index is 1.94. The Morgan fingerprint density at radius 3 is 2.86 bits per heavy atom. The van der Waals surface area contributed by atoms with Gasteiger partial charge in [-0.15, -0.1) is 0 Å². The summed E-state index contributed by atoms with van der Waals surface area (Å²) >= 11 is 0. The van der Waals surface area contributed by atoms with Crippen molar-refractivity contribution in [2.45, 2.75) is 31.8 Å². The maximum Gasteiger partial charge on any atom is 0.213 e. The molecule has 1 aliphatic heterocycles. The van der Waals surface area contributed by atoms with Gasteiger partial charge in [0, 0.05) is 38.4 Å². The van der Waals surface area contributed by atoms with Gasteiger partial charge in [0.15, 0.2) is 0 Å². The molecular weight excluding hydrogens is 290 g/mol. The summed E-state index contributed by atoms with van der Waals surface area (Å²) in [6, 6.07) is 0. The number of aliphatic hydroxyl groups is 1. The second-order valence-corrected chi connectivity index (χ2v) is 8.52. The quantitative estimate of drug-likeness (QED) is 0.891. The molecule has 1 saturated heterocycles. The molecule has 0 radical (unpaired) electrons. The minimum absolute atomic E-state index is 0.0614. The van der Waals surface area contributed by atoms with Gasteiger partial charge in [0.25, 0.3) is 0 Å². The first-order chi connectivity index (χ1) is 9.88. The molecule has 6 nitrogen and oxygen atoms in total. The fourth-order valence-corrected chi connectivity index (χ4v) is 5.13. The third-order valence-corrected chi connectivity index (χ3v) is 6.93. The molecule has 118 valence electrons. The molecule has 0 bridgehead atoms. The van der Waals surface area contributed by atoms with Gasteiger partial charge in [-0.3, -0.25) is 0 Å². The highest BCUT2D eigenvalue weighted by molar-refractivity contribution is 7.89.